The minimum Gasteiger partial charge on any atom is -0.302 e. The summed E-state index contributed by atoms with van der Waals surface area (Å²) in [7, 11) is 0. The van der Waals surface area contributed by atoms with Crippen molar-refractivity contribution in [2.24, 2.45) is 0 Å². The highest BCUT2D eigenvalue weighted by Crippen LogP contribution is 2.38. The summed E-state index contributed by atoms with van der Waals surface area (Å²) in [5, 5.41) is 0. The molecule has 0 aliphatic heterocycles. The Balaban J connectivity index is 3.31. The Hall–Kier alpha value is -1.29. The Morgan fingerprint density at radius 3 is 1.94 bits per heavy atom. The van der Waals surface area contributed by atoms with Gasteiger partial charge in [0.05, 0.1) is 10.6 Å². The first-order valence-corrected chi connectivity index (χ1v) is 5.29. The second kappa shape index (κ2) is 4.76. The summed E-state index contributed by atoms with van der Waals surface area (Å²) >= 11 is -2.67. The first-order valence-electron chi connectivity index (χ1n) is 4.18. The SMILES string of the molecule is O=S(O)c1cccc(N(C(F)(F)F)C(F)(F)F)c1. The van der Waals surface area contributed by atoms with E-state index >= 15 is 0 Å². The van der Waals surface area contributed by atoms with Gasteiger partial charge in [-0.1, -0.05) is 6.07 Å². The molecule has 1 N–H and O–H groups in total. The molecule has 1 atom stereocenters. The number of anilines is 1. The van der Waals surface area contributed by atoms with E-state index in [2.05, 4.69) is 0 Å². The molecule has 0 fully saturated rings. The third-order valence-corrected chi connectivity index (χ3v) is 2.44. The summed E-state index contributed by atoms with van der Waals surface area (Å²) < 4.78 is 93.0. The van der Waals surface area contributed by atoms with Gasteiger partial charge in [0.1, 0.15) is 0 Å². The highest BCUT2D eigenvalue weighted by molar-refractivity contribution is 7.79. The maximum atomic E-state index is 12.3. The molecular weight excluding hydrogens is 288 g/mol. The van der Waals surface area contributed by atoms with Gasteiger partial charge in [-0.3, -0.25) is 0 Å². The van der Waals surface area contributed by atoms with E-state index in [1.54, 1.807) is 0 Å². The maximum absolute atomic E-state index is 12.3. The fourth-order valence-corrected chi connectivity index (χ4v) is 1.58. The predicted octanol–water partition coefficient (Wildman–Crippen LogP) is 3.11. The van der Waals surface area contributed by atoms with E-state index in [1.165, 1.54) is 0 Å². The van der Waals surface area contributed by atoms with Crippen molar-refractivity contribution in [3.63, 3.8) is 0 Å². The molecule has 0 spiro atoms. The number of hydrogen-bond acceptors (Lipinski definition) is 2. The van der Waals surface area contributed by atoms with Crippen LogP contribution in [0, 0.1) is 0 Å². The van der Waals surface area contributed by atoms with Gasteiger partial charge in [-0.15, -0.1) is 26.3 Å². The number of alkyl halides is 6. The minimum atomic E-state index is -5.69. The van der Waals surface area contributed by atoms with E-state index in [0.29, 0.717) is 12.1 Å². The van der Waals surface area contributed by atoms with Crippen LogP contribution in [0.2, 0.25) is 0 Å². The molecule has 0 aliphatic rings. The standard InChI is InChI=1S/C8H5F6NO2S/c9-7(10,11)15(8(12,13)14)5-2-1-3-6(4-5)18(16)17/h1-4H,(H,16,17). The predicted molar refractivity (Wildman–Crippen MR) is 50.1 cm³/mol. The maximum Gasteiger partial charge on any atom is 0.491 e. The van der Waals surface area contributed by atoms with Gasteiger partial charge < -0.3 is 4.55 Å². The largest absolute Gasteiger partial charge is 0.491 e. The average Bonchev–Trinajstić information content (AvgIpc) is 2.13. The first-order chi connectivity index (χ1) is 8.03. The third-order valence-electron chi connectivity index (χ3n) is 1.78. The van der Waals surface area contributed by atoms with Gasteiger partial charge in [-0.05, 0) is 18.2 Å². The lowest BCUT2D eigenvalue weighted by Gasteiger charge is -2.28. The summed E-state index contributed by atoms with van der Waals surface area (Å²) in [6, 6.07) is 2.64. The molecule has 0 amide bonds. The van der Waals surface area contributed by atoms with Crippen LogP contribution in [-0.4, -0.2) is 21.4 Å². The van der Waals surface area contributed by atoms with Crippen molar-refractivity contribution in [2.45, 2.75) is 17.5 Å². The molecule has 0 radical (unpaired) electrons. The normalized spacial score (nSPS) is 14.4. The minimum absolute atomic E-state index is 0.344. The van der Waals surface area contributed by atoms with Gasteiger partial charge >= 0.3 is 12.6 Å². The zero-order valence-electron chi connectivity index (χ0n) is 8.29. The van der Waals surface area contributed by atoms with Crippen LogP contribution in [0.5, 0.6) is 0 Å². The van der Waals surface area contributed by atoms with Gasteiger partial charge in [-0.2, -0.15) is 4.90 Å². The molecule has 0 saturated carbocycles. The summed E-state index contributed by atoms with van der Waals surface area (Å²) in [4.78, 5) is -2.30. The molecule has 10 heteroatoms. The van der Waals surface area contributed by atoms with Gasteiger partial charge in [0, 0.05) is 0 Å². The topological polar surface area (TPSA) is 40.5 Å². The lowest BCUT2D eigenvalue weighted by molar-refractivity contribution is -0.226. The number of nitrogens with zero attached hydrogens (tertiary/aromatic N) is 1. The monoisotopic (exact) mass is 293 g/mol. The third kappa shape index (κ3) is 3.35. The van der Waals surface area contributed by atoms with Gasteiger partial charge in [0.15, 0.2) is 11.1 Å². The van der Waals surface area contributed by atoms with Crippen molar-refractivity contribution in [1.82, 2.24) is 0 Å². The zero-order chi connectivity index (χ0) is 14.1. The molecule has 3 nitrogen and oxygen atoms in total. The molecule has 18 heavy (non-hydrogen) atoms. The lowest BCUT2D eigenvalue weighted by atomic mass is 10.3. The van der Waals surface area contributed by atoms with E-state index in [-0.39, 0.29) is 0 Å². The van der Waals surface area contributed by atoms with E-state index in [1.807, 2.05) is 0 Å². The van der Waals surface area contributed by atoms with Gasteiger partial charge in [0.25, 0.3) is 0 Å². The highest BCUT2D eigenvalue weighted by atomic mass is 32.2. The Kier molecular flexibility index (Phi) is 3.91. The lowest BCUT2D eigenvalue weighted by Crippen LogP contribution is -2.48. The molecule has 1 unspecified atom stereocenters. The van der Waals surface area contributed by atoms with E-state index in [9.17, 15) is 30.6 Å². The van der Waals surface area contributed by atoms with Crippen LogP contribution < -0.4 is 4.90 Å². The molecule has 1 aromatic rings. The summed E-state index contributed by atoms with van der Waals surface area (Å²) in [5.41, 5.74) is -1.28. The highest BCUT2D eigenvalue weighted by Gasteiger charge is 2.53. The van der Waals surface area contributed by atoms with Crippen molar-refractivity contribution in [2.75, 3.05) is 4.90 Å². The smallest absolute Gasteiger partial charge is 0.302 e. The zero-order valence-corrected chi connectivity index (χ0v) is 9.10. The molecule has 0 aliphatic carbocycles. The van der Waals surface area contributed by atoms with Gasteiger partial charge in [0.2, 0.25) is 0 Å². The number of benzene rings is 1. The number of hydrogen-bond donors (Lipinski definition) is 1. The van der Waals surface area contributed by atoms with Crippen LogP contribution in [0.25, 0.3) is 0 Å². The second-order valence-corrected chi connectivity index (χ2v) is 3.99. The van der Waals surface area contributed by atoms with E-state index in [4.69, 9.17) is 4.55 Å². The molecule has 0 bridgehead atoms. The molecule has 102 valence electrons. The van der Waals surface area contributed by atoms with Crippen molar-refractivity contribution in [1.29, 1.82) is 0 Å². The quantitative estimate of drug-likeness (QED) is 0.517. The number of halogens is 6. The van der Waals surface area contributed by atoms with E-state index < -0.39 is 39.2 Å². The molecule has 0 heterocycles. The first kappa shape index (κ1) is 14.8. The van der Waals surface area contributed by atoms with Crippen LogP contribution in [0.3, 0.4) is 0 Å². The molecule has 0 saturated heterocycles. The second-order valence-electron chi connectivity index (χ2n) is 3.02. The van der Waals surface area contributed by atoms with Crippen LogP contribution in [0.1, 0.15) is 0 Å². The fourth-order valence-electron chi connectivity index (χ4n) is 1.17. The number of rotatable bonds is 2. The Morgan fingerprint density at radius 1 is 1.06 bits per heavy atom. The molecule has 0 aromatic heterocycles. The Bertz CT molecular complexity index is 444. The molecular formula is C8H5F6NO2S. The van der Waals surface area contributed by atoms with Crippen LogP contribution >= 0.6 is 0 Å². The van der Waals surface area contributed by atoms with Crippen LogP contribution in [0.15, 0.2) is 29.2 Å². The van der Waals surface area contributed by atoms with Crippen molar-refractivity contribution < 1.29 is 35.1 Å². The summed E-state index contributed by atoms with van der Waals surface area (Å²) in [6.07, 6.45) is -11.4. The Morgan fingerprint density at radius 2 is 1.56 bits per heavy atom. The van der Waals surface area contributed by atoms with E-state index in [0.717, 1.165) is 12.1 Å². The average molecular weight is 293 g/mol. The summed E-state index contributed by atoms with van der Waals surface area (Å²) in [5.74, 6) is 0. The Labute approximate surface area is 99.3 Å². The van der Waals surface area contributed by atoms with Crippen LogP contribution in [-0.2, 0) is 11.1 Å². The van der Waals surface area contributed by atoms with Crippen molar-refractivity contribution in [3.8, 4) is 0 Å². The summed E-state index contributed by atoms with van der Waals surface area (Å²) in [6.45, 7) is 0. The molecule has 1 aromatic carbocycles. The van der Waals surface area contributed by atoms with Gasteiger partial charge in [-0.25, -0.2) is 4.21 Å². The van der Waals surface area contributed by atoms with Crippen molar-refractivity contribution in [3.05, 3.63) is 24.3 Å². The van der Waals surface area contributed by atoms with Crippen molar-refractivity contribution >= 4 is 16.8 Å². The fraction of sp³-hybridized carbons (Fsp3) is 0.250. The van der Waals surface area contributed by atoms with Crippen LogP contribution in [0.4, 0.5) is 32.0 Å². The molecule has 1 rings (SSSR count).